The minimum atomic E-state index is -0.0103. The second-order valence-electron chi connectivity index (χ2n) is 18.0. The zero-order chi connectivity index (χ0) is 40.3. The molecule has 0 spiro atoms. The summed E-state index contributed by atoms with van der Waals surface area (Å²) in [5, 5.41) is 7.60. The van der Waals surface area contributed by atoms with Crippen LogP contribution in [0.25, 0.3) is 0 Å². The SMILES string of the molecule is COc1nc(OC)nc(N(CCCCCCOCCCCCCN(c2nc(OC)nc(OC)n2)C2CC(C)(C)NC(C)(C)C2)C2CC(C)(C)NC(C)(C)C2)n1. The van der Waals surface area contributed by atoms with Gasteiger partial charge in [-0.1, -0.05) is 25.7 Å². The number of nitrogens with one attached hydrogen (secondary N) is 2. The van der Waals surface area contributed by atoms with E-state index in [1.807, 2.05) is 0 Å². The first kappa shape index (κ1) is 44.4. The Balaban J connectivity index is 1.20. The fourth-order valence-electron chi connectivity index (χ4n) is 8.93. The Bertz CT molecular complexity index is 1290. The summed E-state index contributed by atoms with van der Waals surface area (Å²) in [5.41, 5.74) is -0.0411. The van der Waals surface area contributed by atoms with E-state index < -0.39 is 0 Å². The highest BCUT2D eigenvalue weighted by molar-refractivity contribution is 5.36. The molecule has 4 heterocycles. The van der Waals surface area contributed by atoms with Gasteiger partial charge >= 0.3 is 24.0 Å². The number of methoxy groups -OCH3 is 4. The first-order valence-corrected chi connectivity index (χ1v) is 20.4. The molecule has 312 valence electrons. The predicted octanol–water partition coefficient (Wildman–Crippen LogP) is 6.16. The maximum Gasteiger partial charge on any atom is 0.324 e. The van der Waals surface area contributed by atoms with Crippen LogP contribution in [0, 0.1) is 0 Å². The fourth-order valence-corrected chi connectivity index (χ4v) is 8.93. The average molecular weight is 773 g/mol. The summed E-state index contributed by atoms with van der Waals surface area (Å²) in [5.74, 6) is 1.23. The van der Waals surface area contributed by atoms with Gasteiger partial charge in [0.05, 0.1) is 28.4 Å². The van der Waals surface area contributed by atoms with Crippen LogP contribution in [0.2, 0.25) is 0 Å². The predicted molar refractivity (Wildman–Crippen MR) is 217 cm³/mol. The molecule has 4 rings (SSSR count). The number of rotatable bonds is 22. The van der Waals surface area contributed by atoms with Gasteiger partial charge in [0, 0.05) is 60.5 Å². The molecular weight excluding hydrogens is 701 g/mol. The third-order valence-corrected chi connectivity index (χ3v) is 10.5. The van der Waals surface area contributed by atoms with Gasteiger partial charge in [-0.15, -0.1) is 9.97 Å². The van der Waals surface area contributed by atoms with Crippen LogP contribution in [-0.4, -0.2) is 119 Å². The Morgan fingerprint density at radius 1 is 0.455 bits per heavy atom. The highest BCUT2D eigenvalue weighted by atomic mass is 16.5. The molecule has 2 aromatic heterocycles. The van der Waals surface area contributed by atoms with Crippen LogP contribution in [0.3, 0.4) is 0 Å². The third kappa shape index (κ3) is 14.0. The Morgan fingerprint density at radius 3 is 1.04 bits per heavy atom. The molecule has 0 aliphatic carbocycles. The van der Waals surface area contributed by atoms with Crippen LogP contribution in [0.5, 0.6) is 24.0 Å². The lowest BCUT2D eigenvalue weighted by Crippen LogP contribution is -2.62. The fraction of sp³-hybridized carbons (Fsp3) is 0.850. The van der Waals surface area contributed by atoms with E-state index in [9.17, 15) is 0 Å². The van der Waals surface area contributed by atoms with Crippen molar-refractivity contribution < 1.29 is 23.7 Å². The maximum absolute atomic E-state index is 6.07. The number of hydrogen-bond donors (Lipinski definition) is 2. The van der Waals surface area contributed by atoms with E-state index in [2.05, 4.69) is 106 Å². The molecular formula is C40H72N10O5. The van der Waals surface area contributed by atoms with E-state index >= 15 is 0 Å². The molecule has 2 aliphatic rings. The Labute approximate surface area is 330 Å². The first-order valence-electron chi connectivity index (χ1n) is 20.4. The summed E-state index contributed by atoms with van der Waals surface area (Å²) in [6, 6.07) is 1.62. The molecule has 55 heavy (non-hydrogen) atoms. The smallest absolute Gasteiger partial charge is 0.324 e. The molecule has 15 nitrogen and oxygen atoms in total. The van der Waals surface area contributed by atoms with Crippen LogP contribution in [0.1, 0.15) is 132 Å². The lowest BCUT2D eigenvalue weighted by Gasteiger charge is -2.49. The van der Waals surface area contributed by atoms with Crippen molar-refractivity contribution in [1.82, 2.24) is 40.5 Å². The summed E-state index contributed by atoms with van der Waals surface area (Å²) in [6.45, 7) is 21.5. The van der Waals surface area contributed by atoms with Gasteiger partial charge < -0.3 is 44.1 Å². The van der Waals surface area contributed by atoms with Crippen LogP contribution < -0.4 is 39.4 Å². The van der Waals surface area contributed by atoms with Gasteiger partial charge in [-0.25, -0.2) is 0 Å². The molecule has 0 atom stereocenters. The minimum Gasteiger partial charge on any atom is -0.467 e. The van der Waals surface area contributed by atoms with Crippen molar-refractivity contribution >= 4 is 11.9 Å². The highest BCUT2D eigenvalue weighted by Gasteiger charge is 2.42. The van der Waals surface area contributed by atoms with Gasteiger partial charge in [0.15, 0.2) is 0 Å². The number of anilines is 2. The van der Waals surface area contributed by atoms with Crippen LogP contribution in [0.4, 0.5) is 11.9 Å². The second kappa shape index (κ2) is 19.7. The maximum atomic E-state index is 6.07. The summed E-state index contributed by atoms with van der Waals surface area (Å²) in [4.78, 5) is 31.8. The topological polar surface area (TPSA) is 154 Å². The van der Waals surface area contributed by atoms with Crippen LogP contribution in [-0.2, 0) is 4.74 Å². The number of nitrogens with zero attached hydrogens (tertiary/aromatic N) is 8. The van der Waals surface area contributed by atoms with Crippen LogP contribution in [0.15, 0.2) is 0 Å². The third-order valence-electron chi connectivity index (χ3n) is 10.5. The van der Waals surface area contributed by atoms with Crippen molar-refractivity contribution in [3.8, 4) is 24.0 Å². The van der Waals surface area contributed by atoms with Crippen molar-refractivity contribution in [3.63, 3.8) is 0 Å². The van der Waals surface area contributed by atoms with Gasteiger partial charge in [0.1, 0.15) is 0 Å². The van der Waals surface area contributed by atoms with Crippen molar-refractivity contribution in [1.29, 1.82) is 0 Å². The van der Waals surface area contributed by atoms with Gasteiger partial charge in [0.2, 0.25) is 11.9 Å². The summed E-state index contributed by atoms with van der Waals surface area (Å²) in [7, 11) is 6.29. The first-order chi connectivity index (χ1) is 26.0. The lowest BCUT2D eigenvalue weighted by molar-refractivity contribution is 0.125. The summed E-state index contributed by atoms with van der Waals surface area (Å²) < 4.78 is 27.7. The lowest BCUT2D eigenvalue weighted by atomic mass is 9.79. The monoisotopic (exact) mass is 773 g/mol. The quantitative estimate of drug-likeness (QED) is 0.131. The Morgan fingerprint density at radius 2 is 0.745 bits per heavy atom. The largest absolute Gasteiger partial charge is 0.467 e. The van der Waals surface area contributed by atoms with Crippen LogP contribution >= 0.6 is 0 Å². The van der Waals surface area contributed by atoms with Crippen molar-refractivity contribution in [2.75, 3.05) is 64.5 Å². The number of unbranched alkanes of at least 4 members (excludes halogenated alkanes) is 6. The number of ether oxygens (including phenoxy) is 5. The summed E-state index contributed by atoms with van der Waals surface area (Å²) >= 11 is 0. The van der Waals surface area contributed by atoms with Gasteiger partial charge in [-0.2, -0.15) is 19.9 Å². The molecule has 0 saturated carbocycles. The number of piperidine rings is 2. The molecule has 2 saturated heterocycles. The van der Waals surface area contributed by atoms with E-state index in [1.165, 1.54) is 0 Å². The molecule has 15 heteroatoms. The molecule has 2 aromatic rings. The molecule has 2 fully saturated rings. The van der Waals surface area contributed by atoms with Crippen molar-refractivity contribution in [3.05, 3.63) is 0 Å². The normalized spacial score (nSPS) is 19.1. The van der Waals surface area contributed by atoms with Crippen molar-refractivity contribution in [2.45, 2.75) is 167 Å². The zero-order valence-corrected chi connectivity index (χ0v) is 36.1. The second-order valence-corrected chi connectivity index (χ2v) is 18.0. The summed E-state index contributed by atoms with van der Waals surface area (Å²) in [6.07, 6.45) is 12.6. The van der Waals surface area contributed by atoms with Gasteiger partial charge in [0.25, 0.3) is 0 Å². The van der Waals surface area contributed by atoms with E-state index in [-0.39, 0.29) is 58.3 Å². The molecule has 0 aromatic carbocycles. The molecule has 0 amide bonds. The Kier molecular flexibility index (Phi) is 15.9. The average Bonchev–Trinajstić information content (AvgIpc) is 3.10. The minimum absolute atomic E-state index is 0.0103. The van der Waals surface area contributed by atoms with Gasteiger partial charge in [-0.05, 0) is 107 Å². The number of aromatic nitrogens is 6. The standard InChI is InChI=1S/C40H72N10O5/c1-37(2)25-29(26-38(3,4)47-37)49(31-41-33(51-9)45-34(42-31)52-10)21-17-13-15-19-23-55-24-20-16-14-18-22-50(30-27-39(5,6)48-40(7,8)28-30)32-43-35(53-11)46-36(44-32)54-12/h29-30,47-48H,13-28H2,1-12H3. The van der Waals surface area contributed by atoms with Gasteiger partial charge in [-0.3, -0.25) is 0 Å². The van der Waals surface area contributed by atoms with Crippen molar-refractivity contribution in [2.24, 2.45) is 0 Å². The molecule has 0 unspecified atom stereocenters. The van der Waals surface area contributed by atoms with E-state index in [4.69, 9.17) is 23.7 Å². The van der Waals surface area contributed by atoms with E-state index in [0.717, 1.165) is 103 Å². The molecule has 2 aliphatic heterocycles. The zero-order valence-electron chi connectivity index (χ0n) is 36.1. The Hall–Kier alpha value is -3.30. The molecule has 0 radical (unpaired) electrons. The molecule has 0 bridgehead atoms. The van der Waals surface area contributed by atoms with E-state index in [1.54, 1.807) is 28.4 Å². The van der Waals surface area contributed by atoms with E-state index in [0.29, 0.717) is 11.9 Å². The molecule has 2 N–H and O–H groups in total. The highest BCUT2D eigenvalue weighted by Crippen LogP contribution is 2.35. The number of hydrogen-bond acceptors (Lipinski definition) is 15.